The predicted octanol–water partition coefficient (Wildman–Crippen LogP) is 4.03. The fourth-order valence-electron chi connectivity index (χ4n) is 2.88. The SMILES string of the molecule is Cc1cc(C)c(NC(=O)/C=C/c2ccc3c(c2)OCCO3)c(C)c1. The first-order chi connectivity index (χ1) is 11.5. The summed E-state index contributed by atoms with van der Waals surface area (Å²) in [7, 11) is 0. The van der Waals surface area contributed by atoms with Crippen molar-refractivity contribution in [2.75, 3.05) is 18.5 Å². The molecule has 2 aromatic carbocycles. The lowest BCUT2D eigenvalue weighted by molar-refractivity contribution is -0.111. The topological polar surface area (TPSA) is 47.6 Å². The number of amides is 1. The Morgan fingerprint density at radius 3 is 2.38 bits per heavy atom. The molecule has 1 N–H and O–H groups in total. The molecule has 0 fully saturated rings. The minimum absolute atomic E-state index is 0.153. The first kappa shape index (κ1) is 16.1. The Balaban J connectivity index is 1.72. The zero-order valence-electron chi connectivity index (χ0n) is 14.2. The molecular weight excluding hydrogens is 302 g/mol. The smallest absolute Gasteiger partial charge is 0.248 e. The second-order valence-corrected chi connectivity index (χ2v) is 6.00. The summed E-state index contributed by atoms with van der Waals surface area (Å²) in [4.78, 5) is 12.2. The van der Waals surface area contributed by atoms with Crippen molar-refractivity contribution in [3.63, 3.8) is 0 Å². The van der Waals surface area contributed by atoms with Gasteiger partial charge in [-0.2, -0.15) is 0 Å². The minimum atomic E-state index is -0.153. The average molecular weight is 323 g/mol. The summed E-state index contributed by atoms with van der Waals surface area (Å²) < 4.78 is 11.0. The molecule has 3 rings (SSSR count). The van der Waals surface area contributed by atoms with E-state index < -0.39 is 0 Å². The Morgan fingerprint density at radius 1 is 1.00 bits per heavy atom. The van der Waals surface area contributed by atoms with Crippen molar-refractivity contribution in [2.45, 2.75) is 20.8 Å². The largest absolute Gasteiger partial charge is 0.486 e. The van der Waals surface area contributed by atoms with Gasteiger partial charge in [0.1, 0.15) is 13.2 Å². The van der Waals surface area contributed by atoms with Crippen LogP contribution in [0.15, 0.2) is 36.4 Å². The lowest BCUT2D eigenvalue weighted by Crippen LogP contribution is -2.15. The lowest BCUT2D eigenvalue weighted by atomic mass is 10.1. The third-order valence-electron chi connectivity index (χ3n) is 3.92. The number of hydrogen-bond acceptors (Lipinski definition) is 3. The lowest BCUT2D eigenvalue weighted by Gasteiger charge is -2.18. The maximum absolute atomic E-state index is 12.2. The van der Waals surface area contributed by atoms with Gasteiger partial charge in [-0.1, -0.05) is 23.8 Å². The molecule has 1 amide bonds. The number of carbonyl (C=O) groups excluding carboxylic acids is 1. The molecule has 0 aromatic heterocycles. The number of benzene rings is 2. The van der Waals surface area contributed by atoms with Gasteiger partial charge in [-0.3, -0.25) is 4.79 Å². The van der Waals surface area contributed by atoms with Crippen LogP contribution in [-0.4, -0.2) is 19.1 Å². The molecule has 1 aliphatic rings. The van der Waals surface area contributed by atoms with Gasteiger partial charge in [-0.25, -0.2) is 0 Å². The molecule has 0 saturated carbocycles. The number of rotatable bonds is 3. The van der Waals surface area contributed by atoms with Gasteiger partial charge < -0.3 is 14.8 Å². The summed E-state index contributed by atoms with van der Waals surface area (Å²) in [5.74, 6) is 1.31. The molecule has 1 heterocycles. The van der Waals surface area contributed by atoms with E-state index in [0.717, 1.165) is 28.1 Å². The molecule has 0 unspecified atom stereocenters. The maximum Gasteiger partial charge on any atom is 0.248 e. The van der Waals surface area contributed by atoms with Gasteiger partial charge in [0.25, 0.3) is 0 Å². The third-order valence-corrected chi connectivity index (χ3v) is 3.92. The van der Waals surface area contributed by atoms with E-state index in [0.29, 0.717) is 19.0 Å². The average Bonchev–Trinajstić information content (AvgIpc) is 2.56. The first-order valence-electron chi connectivity index (χ1n) is 7.99. The number of anilines is 1. The van der Waals surface area contributed by atoms with Gasteiger partial charge >= 0.3 is 0 Å². The van der Waals surface area contributed by atoms with E-state index in [1.54, 1.807) is 6.08 Å². The molecule has 4 nitrogen and oxygen atoms in total. The number of fused-ring (bicyclic) bond motifs is 1. The normalized spacial score (nSPS) is 13.1. The van der Waals surface area contributed by atoms with Crippen LogP contribution in [0.25, 0.3) is 6.08 Å². The highest BCUT2D eigenvalue weighted by molar-refractivity contribution is 6.02. The Labute approximate surface area is 142 Å². The van der Waals surface area contributed by atoms with Gasteiger partial charge in [-0.05, 0) is 55.7 Å². The molecule has 24 heavy (non-hydrogen) atoms. The Kier molecular flexibility index (Phi) is 4.56. The Morgan fingerprint density at radius 2 is 1.67 bits per heavy atom. The van der Waals surface area contributed by atoms with Crippen LogP contribution in [0.3, 0.4) is 0 Å². The summed E-state index contributed by atoms with van der Waals surface area (Å²) in [6.45, 7) is 7.17. The number of ether oxygens (including phenoxy) is 2. The van der Waals surface area contributed by atoms with Crippen molar-refractivity contribution in [1.82, 2.24) is 0 Å². The van der Waals surface area contributed by atoms with Crippen LogP contribution < -0.4 is 14.8 Å². The van der Waals surface area contributed by atoms with Crippen LogP contribution in [0.5, 0.6) is 11.5 Å². The van der Waals surface area contributed by atoms with Crippen molar-refractivity contribution in [1.29, 1.82) is 0 Å². The Hall–Kier alpha value is -2.75. The maximum atomic E-state index is 12.2. The highest BCUT2D eigenvalue weighted by Crippen LogP contribution is 2.31. The zero-order valence-corrected chi connectivity index (χ0v) is 14.2. The molecule has 2 aromatic rings. The van der Waals surface area contributed by atoms with Crippen LogP contribution in [0.4, 0.5) is 5.69 Å². The van der Waals surface area contributed by atoms with Crippen molar-refractivity contribution in [2.24, 2.45) is 0 Å². The van der Waals surface area contributed by atoms with Crippen molar-refractivity contribution < 1.29 is 14.3 Å². The third kappa shape index (κ3) is 3.59. The van der Waals surface area contributed by atoms with E-state index in [4.69, 9.17) is 9.47 Å². The molecule has 0 saturated heterocycles. The van der Waals surface area contributed by atoms with E-state index in [-0.39, 0.29) is 5.91 Å². The predicted molar refractivity (Wildman–Crippen MR) is 95.7 cm³/mol. The molecule has 0 spiro atoms. The monoisotopic (exact) mass is 323 g/mol. The second-order valence-electron chi connectivity index (χ2n) is 6.00. The second kappa shape index (κ2) is 6.79. The quantitative estimate of drug-likeness (QED) is 0.867. The molecule has 0 radical (unpaired) electrons. The molecule has 124 valence electrons. The van der Waals surface area contributed by atoms with Crippen LogP contribution in [-0.2, 0) is 4.79 Å². The summed E-state index contributed by atoms with van der Waals surface area (Å²) in [6, 6.07) is 9.76. The van der Waals surface area contributed by atoms with Gasteiger partial charge in [0, 0.05) is 11.8 Å². The van der Waals surface area contributed by atoms with Gasteiger partial charge in [0.05, 0.1) is 0 Å². The highest BCUT2D eigenvalue weighted by atomic mass is 16.6. The van der Waals surface area contributed by atoms with Gasteiger partial charge in [-0.15, -0.1) is 0 Å². The molecule has 4 heteroatoms. The number of aryl methyl sites for hydroxylation is 3. The Bertz CT molecular complexity index is 786. The van der Waals surface area contributed by atoms with Crippen LogP contribution in [0.1, 0.15) is 22.3 Å². The summed E-state index contributed by atoms with van der Waals surface area (Å²) in [5.41, 5.74) is 5.08. The fourth-order valence-corrected chi connectivity index (χ4v) is 2.88. The van der Waals surface area contributed by atoms with Crippen LogP contribution in [0, 0.1) is 20.8 Å². The molecule has 0 bridgehead atoms. The van der Waals surface area contributed by atoms with E-state index in [1.165, 1.54) is 11.6 Å². The van der Waals surface area contributed by atoms with Crippen LogP contribution >= 0.6 is 0 Å². The first-order valence-corrected chi connectivity index (χ1v) is 7.99. The summed E-state index contributed by atoms with van der Waals surface area (Å²) in [5, 5.41) is 2.96. The van der Waals surface area contributed by atoms with E-state index in [2.05, 4.69) is 17.4 Å². The fraction of sp³-hybridized carbons (Fsp3) is 0.250. The minimum Gasteiger partial charge on any atom is -0.486 e. The van der Waals surface area contributed by atoms with E-state index in [1.807, 2.05) is 39.0 Å². The van der Waals surface area contributed by atoms with Gasteiger partial charge in [0.15, 0.2) is 11.5 Å². The standard InChI is InChI=1S/C20H21NO3/c1-13-10-14(2)20(15(3)11-13)21-19(22)7-5-16-4-6-17-18(12-16)24-9-8-23-17/h4-7,10-12H,8-9H2,1-3H3,(H,21,22)/b7-5+. The zero-order chi connectivity index (χ0) is 17.1. The molecule has 1 aliphatic heterocycles. The number of hydrogen-bond donors (Lipinski definition) is 1. The molecule has 0 atom stereocenters. The van der Waals surface area contributed by atoms with Crippen molar-refractivity contribution in [3.8, 4) is 11.5 Å². The number of carbonyl (C=O) groups is 1. The molecule has 0 aliphatic carbocycles. The summed E-state index contributed by atoms with van der Waals surface area (Å²) >= 11 is 0. The van der Waals surface area contributed by atoms with Gasteiger partial charge in [0.2, 0.25) is 5.91 Å². The van der Waals surface area contributed by atoms with Crippen molar-refractivity contribution >= 4 is 17.7 Å². The van der Waals surface area contributed by atoms with E-state index in [9.17, 15) is 4.79 Å². The van der Waals surface area contributed by atoms with Crippen LogP contribution in [0.2, 0.25) is 0 Å². The summed E-state index contributed by atoms with van der Waals surface area (Å²) in [6.07, 6.45) is 3.30. The highest BCUT2D eigenvalue weighted by Gasteiger charge is 2.11. The number of nitrogens with one attached hydrogen (secondary N) is 1. The molecular formula is C20H21NO3. The van der Waals surface area contributed by atoms with E-state index >= 15 is 0 Å². The van der Waals surface area contributed by atoms with Crippen molar-refractivity contribution in [3.05, 3.63) is 58.7 Å².